The summed E-state index contributed by atoms with van der Waals surface area (Å²) in [6.45, 7) is 5.07. The van der Waals surface area contributed by atoms with E-state index in [-0.39, 0.29) is 11.1 Å². The number of ether oxygens (including phenoxy) is 4. The van der Waals surface area contributed by atoms with Gasteiger partial charge in [0.05, 0.1) is 36.5 Å². The molecule has 1 atom stereocenters. The molecule has 8 nitrogen and oxygen atoms in total. The molecule has 9 heteroatoms. The molecule has 5 rings (SSSR count). The van der Waals surface area contributed by atoms with E-state index in [9.17, 15) is 9.59 Å². The van der Waals surface area contributed by atoms with E-state index in [2.05, 4.69) is 4.99 Å². The average Bonchev–Trinajstić information content (AvgIpc) is 3.32. The fourth-order valence-electron chi connectivity index (χ4n) is 4.60. The number of esters is 1. The van der Waals surface area contributed by atoms with E-state index in [1.807, 2.05) is 74.5 Å². The molecule has 1 aromatic heterocycles. The number of hydrogen-bond donors (Lipinski definition) is 0. The van der Waals surface area contributed by atoms with Gasteiger partial charge in [-0.25, -0.2) is 9.79 Å². The van der Waals surface area contributed by atoms with Gasteiger partial charge in [-0.3, -0.25) is 9.36 Å². The lowest BCUT2D eigenvalue weighted by molar-refractivity contribution is -0.136. The minimum atomic E-state index is -0.764. The first-order valence-corrected chi connectivity index (χ1v) is 14.1. The predicted octanol–water partition coefficient (Wildman–Crippen LogP) is 4.39. The van der Waals surface area contributed by atoms with Gasteiger partial charge in [-0.05, 0) is 49.2 Å². The quantitative estimate of drug-likeness (QED) is 0.263. The Balaban J connectivity index is 1.59. The molecule has 0 aliphatic carbocycles. The van der Waals surface area contributed by atoms with Crippen LogP contribution in [0.25, 0.3) is 6.08 Å². The van der Waals surface area contributed by atoms with Crippen LogP contribution in [0.5, 0.6) is 17.2 Å². The van der Waals surface area contributed by atoms with Gasteiger partial charge in [-0.1, -0.05) is 65.9 Å². The van der Waals surface area contributed by atoms with Gasteiger partial charge in [0.1, 0.15) is 12.4 Å². The van der Waals surface area contributed by atoms with Crippen molar-refractivity contribution in [3.8, 4) is 17.2 Å². The Morgan fingerprint density at radius 2 is 1.66 bits per heavy atom. The normalized spacial score (nSPS) is 14.5. The Morgan fingerprint density at radius 1 is 0.927 bits per heavy atom. The van der Waals surface area contributed by atoms with Crippen molar-refractivity contribution in [3.05, 3.63) is 121 Å². The standard InChI is InChI=1S/C32H30N2O6S/c1-4-38-26-16-15-23(17-27(26)39-5-2)29-24(31(36)37-3)19-33-32-34(29)30(35)28(41-32)18-22-13-9-10-14-25(22)40-20-21-11-7-6-8-12-21/h6-19,29H,4-5,20H2,1-3H3/b28-18+/t29-/m1/s1. The summed E-state index contributed by atoms with van der Waals surface area (Å²) in [5, 5.41) is 0. The highest BCUT2D eigenvalue weighted by Gasteiger charge is 2.31. The molecule has 0 radical (unpaired) electrons. The topological polar surface area (TPSA) is 88.4 Å². The average molecular weight is 571 g/mol. The summed E-state index contributed by atoms with van der Waals surface area (Å²) in [7, 11) is 1.31. The summed E-state index contributed by atoms with van der Waals surface area (Å²) in [4.78, 5) is 31.7. The third-order valence-corrected chi connectivity index (χ3v) is 7.45. The number of carbonyl (C=O) groups is 1. The number of carbonyl (C=O) groups excluding carboxylic acids is 1. The van der Waals surface area contributed by atoms with Crippen molar-refractivity contribution >= 4 is 23.4 Å². The molecule has 1 aliphatic heterocycles. The number of rotatable bonds is 10. The molecule has 0 saturated carbocycles. The number of hydrogen-bond acceptors (Lipinski definition) is 8. The zero-order chi connectivity index (χ0) is 28.8. The van der Waals surface area contributed by atoms with Gasteiger partial charge in [0.2, 0.25) is 0 Å². The fourth-order valence-corrected chi connectivity index (χ4v) is 5.56. The van der Waals surface area contributed by atoms with Gasteiger partial charge in [-0.15, -0.1) is 0 Å². The second-order valence-corrected chi connectivity index (χ2v) is 10.1. The van der Waals surface area contributed by atoms with Crippen LogP contribution in [0.3, 0.4) is 0 Å². The minimum absolute atomic E-state index is 0.240. The number of nitrogens with zero attached hydrogens (tertiary/aromatic N) is 2. The summed E-state index contributed by atoms with van der Waals surface area (Å²) in [6.07, 6.45) is 3.27. The van der Waals surface area contributed by atoms with Gasteiger partial charge >= 0.3 is 5.97 Å². The summed E-state index contributed by atoms with van der Waals surface area (Å²) in [6, 6.07) is 22.1. The van der Waals surface area contributed by atoms with Gasteiger partial charge < -0.3 is 18.9 Å². The summed E-state index contributed by atoms with van der Waals surface area (Å²) >= 11 is 1.25. The SMILES string of the molecule is CCOc1ccc([C@@H]2C(C(=O)OC)=CN=c3s/c(=C/c4ccccc4OCc4ccccc4)c(=O)n32)cc1OCC. The Bertz CT molecular complexity index is 1760. The van der Waals surface area contributed by atoms with E-state index in [0.717, 1.165) is 11.1 Å². The summed E-state index contributed by atoms with van der Waals surface area (Å²) < 4.78 is 24.7. The van der Waals surface area contributed by atoms with Gasteiger partial charge in [-0.2, -0.15) is 0 Å². The molecule has 0 fully saturated rings. The van der Waals surface area contributed by atoms with Crippen molar-refractivity contribution in [2.75, 3.05) is 20.3 Å². The van der Waals surface area contributed by atoms with Gasteiger partial charge in [0.25, 0.3) is 5.56 Å². The first-order chi connectivity index (χ1) is 20.0. The first kappa shape index (κ1) is 27.9. The summed E-state index contributed by atoms with van der Waals surface area (Å²) in [5.41, 5.74) is 2.43. The molecule has 210 valence electrons. The smallest absolute Gasteiger partial charge is 0.337 e. The molecule has 2 heterocycles. The largest absolute Gasteiger partial charge is 0.490 e. The van der Waals surface area contributed by atoms with Crippen molar-refractivity contribution in [2.45, 2.75) is 26.5 Å². The molecule has 0 saturated heterocycles. The number of para-hydroxylation sites is 1. The third kappa shape index (κ3) is 5.95. The molecular formula is C32H30N2O6S. The molecule has 0 spiro atoms. The van der Waals surface area contributed by atoms with Crippen LogP contribution < -0.4 is 29.1 Å². The lowest BCUT2D eigenvalue weighted by atomic mass is 9.97. The Labute approximate surface area is 241 Å². The van der Waals surface area contributed by atoms with Crippen LogP contribution in [0.1, 0.15) is 36.6 Å². The molecule has 41 heavy (non-hydrogen) atoms. The molecule has 0 bridgehead atoms. The van der Waals surface area contributed by atoms with Crippen LogP contribution >= 0.6 is 11.3 Å². The van der Waals surface area contributed by atoms with Crippen LogP contribution in [-0.2, 0) is 16.1 Å². The molecule has 0 N–H and O–H groups in total. The van der Waals surface area contributed by atoms with Crippen molar-refractivity contribution in [1.82, 2.24) is 4.57 Å². The second kappa shape index (κ2) is 12.7. The highest BCUT2D eigenvalue weighted by Crippen LogP contribution is 2.35. The Kier molecular flexibility index (Phi) is 8.64. The minimum Gasteiger partial charge on any atom is -0.490 e. The maximum Gasteiger partial charge on any atom is 0.337 e. The lowest BCUT2D eigenvalue weighted by Gasteiger charge is -2.23. The molecular weight excluding hydrogens is 540 g/mol. The van der Waals surface area contributed by atoms with Crippen molar-refractivity contribution in [3.63, 3.8) is 0 Å². The predicted molar refractivity (Wildman–Crippen MR) is 157 cm³/mol. The molecule has 1 aliphatic rings. The number of aromatic nitrogens is 1. The van der Waals surface area contributed by atoms with E-state index < -0.39 is 12.0 Å². The van der Waals surface area contributed by atoms with Crippen LogP contribution in [-0.4, -0.2) is 30.9 Å². The zero-order valence-electron chi connectivity index (χ0n) is 23.0. The summed E-state index contributed by atoms with van der Waals surface area (Å²) in [5.74, 6) is 1.20. The lowest BCUT2D eigenvalue weighted by Crippen LogP contribution is -2.39. The van der Waals surface area contributed by atoms with E-state index in [1.54, 1.807) is 18.2 Å². The van der Waals surface area contributed by atoms with Crippen LogP contribution in [0.2, 0.25) is 0 Å². The van der Waals surface area contributed by atoms with Crippen LogP contribution in [0, 0.1) is 0 Å². The van der Waals surface area contributed by atoms with E-state index in [0.29, 0.717) is 52.0 Å². The maximum absolute atomic E-state index is 13.9. The highest BCUT2D eigenvalue weighted by atomic mass is 32.1. The van der Waals surface area contributed by atoms with Crippen LogP contribution in [0.4, 0.5) is 0 Å². The Hall–Kier alpha value is -4.63. The fraction of sp³-hybridized carbons (Fsp3) is 0.219. The zero-order valence-corrected chi connectivity index (χ0v) is 23.9. The molecule has 3 aromatic carbocycles. The van der Waals surface area contributed by atoms with Crippen molar-refractivity contribution < 1.29 is 23.7 Å². The maximum atomic E-state index is 13.9. The second-order valence-electron chi connectivity index (χ2n) is 9.06. The van der Waals surface area contributed by atoms with E-state index in [1.165, 1.54) is 29.2 Å². The third-order valence-electron chi connectivity index (χ3n) is 6.45. The monoisotopic (exact) mass is 570 g/mol. The molecule has 4 aromatic rings. The van der Waals surface area contributed by atoms with Gasteiger partial charge in [0.15, 0.2) is 16.3 Å². The van der Waals surface area contributed by atoms with Crippen molar-refractivity contribution in [1.29, 1.82) is 0 Å². The number of benzene rings is 3. The number of fused-ring (bicyclic) bond motifs is 1. The number of methoxy groups -OCH3 is 1. The Morgan fingerprint density at radius 3 is 2.41 bits per heavy atom. The van der Waals surface area contributed by atoms with E-state index in [4.69, 9.17) is 18.9 Å². The highest BCUT2D eigenvalue weighted by molar-refractivity contribution is 7.07. The molecule has 0 amide bonds. The van der Waals surface area contributed by atoms with Crippen molar-refractivity contribution in [2.24, 2.45) is 4.99 Å². The first-order valence-electron chi connectivity index (χ1n) is 13.3. The van der Waals surface area contributed by atoms with Crippen LogP contribution in [0.15, 0.2) is 94.4 Å². The molecule has 0 unspecified atom stereocenters. The van der Waals surface area contributed by atoms with Gasteiger partial charge in [0, 0.05) is 11.8 Å². The van der Waals surface area contributed by atoms with E-state index >= 15 is 0 Å². The number of thiazole rings is 1.